The molecule has 2 aromatic heterocycles. The number of carbonyl (C=O) groups excluding carboxylic acids is 2. The second-order valence-corrected chi connectivity index (χ2v) is 6.58. The van der Waals surface area contributed by atoms with Gasteiger partial charge in [0, 0.05) is 32.2 Å². The number of methoxy groups -OCH3 is 1. The van der Waals surface area contributed by atoms with Crippen LogP contribution in [-0.4, -0.2) is 38.1 Å². The van der Waals surface area contributed by atoms with E-state index in [1.54, 1.807) is 49.6 Å². The van der Waals surface area contributed by atoms with Crippen molar-refractivity contribution in [2.75, 3.05) is 7.11 Å². The summed E-state index contributed by atoms with van der Waals surface area (Å²) in [7, 11) is 5.15. The Hall–Kier alpha value is -3.42. The Kier molecular flexibility index (Phi) is 5.30. The van der Waals surface area contributed by atoms with E-state index in [0.717, 1.165) is 5.56 Å². The summed E-state index contributed by atoms with van der Waals surface area (Å²) in [5, 5.41) is 7.05. The molecule has 1 aromatic carbocycles. The summed E-state index contributed by atoms with van der Waals surface area (Å²) >= 11 is 0. The Labute approximate surface area is 163 Å². The summed E-state index contributed by atoms with van der Waals surface area (Å²) in [6.45, 7) is 3.48. The number of benzene rings is 1. The fourth-order valence-corrected chi connectivity index (χ4v) is 3.19. The Morgan fingerprint density at radius 1 is 1.21 bits per heavy atom. The van der Waals surface area contributed by atoms with E-state index in [0.29, 0.717) is 28.5 Å². The third kappa shape index (κ3) is 3.53. The van der Waals surface area contributed by atoms with Crippen LogP contribution in [0, 0.1) is 13.8 Å². The summed E-state index contributed by atoms with van der Waals surface area (Å²) < 4.78 is 8.68. The van der Waals surface area contributed by atoms with Crippen LogP contribution in [0.1, 0.15) is 39.2 Å². The summed E-state index contributed by atoms with van der Waals surface area (Å²) in [5.41, 5.74) is 2.25. The van der Waals surface area contributed by atoms with Crippen molar-refractivity contribution in [3.05, 3.63) is 65.0 Å². The molecule has 8 nitrogen and oxygen atoms in total. The van der Waals surface area contributed by atoms with Gasteiger partial charge in [-0.15, -0.1) is 0 Å². The molecular formula is C20H23N5O3. The molecule has 0 aliphatic rings. The van der Waals surface area contributed by atoms with Crippen LogP contribution in [0.2, 0.25) is 0 Å². The molecule has 0 radical (unpaired) electrons. The van der Waals surface area contributed by atoms with Gasteiger partial charge in [-0.25, -0.2) is 4.98 Å². The second kappa shape index (κ2) is 7.67. The zero-order valence-corrected chi connectivity index (χ0v) is 16.6. The lowest BCUT2D eigenvalue weighted by Crippen LogP contribution is -2.36. The highest BCUT2D eigenvalue weighted by atomic mass is 16.5. The van der Waals surface area contributed by atoms with Crippen molar-refractivity contribution in [3.8, 4) is 5.75 Å². The zero-order valence-electron chi connectivity index (χ0n) is 16.6. The molecule has 0 spiro atoms. The number of nitrogens with one attached hydrogen (secondary N) is 1. The summed E-state index contributed by atoms with van der Waals surface area (Å²) in [5.74, 6) is -0.0782. The van der Waals surface area contributed by atoms with Gasteiger partial charge in [-0.3, -0.25) is 14.3 Å². The van der Waals surface area contributed by atoms with Crippen LogP contribution in [-0.2, 0) is 18.9 Å². The van der Waals surface area contributed by atoms with Gasteiger partial charge in [-0.05, 0) is 31.5 Å². The normalized spacial score (nSPS) is 11.9. The molecule has 0 saturated heterocycles. The Balaban J connectivity index is 1.96. The predicted octanol–water partition coefficient (Wildman–Crippen LogP) is 1.87. The topological polar surface area (TPSA) is 91.0 Å². The lowest BCUT2D eigenvalue weighted by atomic mass is 10.0. The molecule has 2 heterocycles. The predicted molar refractivity (Wildman–Crippen MR) is 103 cm³/mol. The van der Waals surface area contributed by atoms with Crippen molar-refractivity contribution in [3.63, 3.8) is 0 Å². The third-order valence-electron chi connectivity index (χ3n) is 4.76. The van der Waals surface area contributed by atoms with E-state index >= 15 is 0 Å². The minimum absolute atomic E-state index is 0.323. The van der Waals surface area contributed by atoms with Gasteiger partial charge >= 0.3 is 0 Å². The first-order valence-corrected chi connectivity index (χ1v) is 8.80. The first-order chi connectivity index (χ1) is 13.3. The van der Waals surface area contributed by atoms with E-state index in [-0.39, 0.29) is 0 Å². The maximum Gasteiger partial charge on any atom is 0.293 e. The average molecular weight is 381 g/mol. The van der Waals surface area contributed by atoms with Crippen molar-refractivity contribution in [2.24, 2.45) is 14.1 Å². The Bertz CT molecular complexity index is 1030. The number of amides is 1. The van der Waals surface area contributed by atoms with Crippen molar-refractivity contribution in [2.45, 2.75) is 19.9 Å². The number of hydrogen-bond acceptors (Lipinski definition) is 5. The Morgan fingerprint density at radius 2 is 1.96 bits per heavy atom. The van der Waals surface area contributed by atoms with Crippen molar-refractivity contribution in [1.29, 1.82) is 0 Å². The molecule has 28 heavy (non-hydrogen) atoms. The second-order valence-electron chi connectivity index (χ2n) is 6.58. The molecule has 0 aliphatic carbocycles. The monoisotopic (exact) mass is 381 g/mol. The van der Waals surface area contributed by atoms with E-state index in [1.165, 1.54) is 0 Å². The lowest BCUT2D eigenvalue weighted by molar-refractivity contribution is -0.117. The number of ketones is 1. The van der Waals surface area contributed by atoms with Crippen LogP contribution >= 0.6 is 0 Å². The van der Waals surface area contributed by atoms with E-state index in [4.69, 9.17) is 4.74 Å². The van der Waals surface area contributed by atoms with Gasteiger partial charge in [0.05, 0.1) is 18.4 Å². The van der Waals surface area contributed by atoms with E-state index in [2.05, 4.69) is 15.4 Å². The van der Waals surface area contributed by atoms with Gasteiger partial charge in [0.2, 0.25) is 0 Å². The quantitative estimate of drug-likeness (QED) is 0.520. The van der Waals surface area contributed by atoms with Crippen LogP contribution in [0.15, 0.2) is 36.7 Å². The van der Waals surface area contributed by atoms with Crippen LogP contribution < -0.4 is 10.1 Å². The molecule has 1 atom stereocenters. The van der Waals surface area contributed by atoms with Crippen molar-refractivity contribution < 1.29 is 14.3 Å². The van der Waals surface area contributed by atoms with Gasteiger partial charge in [0.25, 0.3) is 11.7 Å². The highest BCUT2D eigenvalue weighted by molar-refractivity contribution is 6.43. The Morgan fingerprint density at radius 3 is 2.54 bits per heavy atom. The molecule has 1 amide bonds. The molecular weight excluding hydrogens is 358 g/mol. The molecule has 0 bridgehead atoms. The first-order valence-electron chi connectivity index (χ1n) is 8.80. The average Bonchev–Trinajstić information content (AvgIpc) is 3.21. The van der Waals surface area contributed by atoms with Gasteiger partial charge in [-0.2, -0.15) is 5.10 Å². The van der Waals surface area contributed by atoms with E-state index in [1.807, 2.05) is 31.3 Å². The number of carbonyl (C=O) groups is 2. The molecule has 0 fully saturated rings. The van der Waals surface area contributed by atoms with Crippen molar-refractivity contribution in [1.82, 2.24) is 24.6 Å². The summed E-state index contributed by atoms with van der Waals surface area (Å²) in [4.78, 5) is 30.0. The lowest BCUT2D eigenvalue weighted by Gasteiger charge is -2.19. The van der Waals surface area contributed by atoms with Crippen LogP contribution in [0.4, 0.5) is 0 Å². The minimum Gasteiger partial charge on any atom is -0.497 e. The standard InChI is InChI=1S/C20H23N5O3/c1-12-16(13(2)25(4)23-12)18(26)20(27)22-17(19-21-9-10-24(19)3)14-7-6-8-15(11-14)28-5/h6-11,17H,1-5H3,(H,22,27)/t17-/m0/s1. The molecule has 8 heteroatoms. The number of Topliss-reactive ketones (excluding diaryl/α,β-unsaturated/α-hetero) is 1. The first kappa shape index (κ1) is 19.3. The molecule has 0 aliphatic heterocycles. The summed E-state index contributed by atoms with van der Waals surface area (Å²) in [6.07, 6.45) is 3.43. The maximum atomic E-state index is 12.8. The highest BCUT2D eigenvalue weighted by Gasteiger charge is 2.28. The summed E-state index contributed by atoms with van der Waals surface area (Å²) in [6, 6.07) is 6.70. The number of aryl methyl sites for hydroxylation is 3. The van der Waals surface area contributed by atoms with Gasteiger partial charge < -0.3 is 14.6 Å². The fraction of sp³-hybridized carbons (Fsp3) is 0.300. The SMILES string of the molecule is COc1cccc([C@H](NC(=O)C(=O)c2c(C)nn(C)c2C)c2nccn2C)c1. The number of rotatable bonds is 6. The number of ether oxygens (including phenoxy) is 1. The van der Waals surface area contributed by atoms with Crippen LogP contribution in [0.3, 0.4) is 0 Å². The molecule has 0 unspecified atom stereocenters. The van der Waals surface area contributed by atoms with Crippen molar-refractivity contribution >= 4 is 11.7 Å². The van der Waals surface area contributed by atoms with Crippen LogP contribution in [0.5, 0.6) is 5.75 Å². The number of aromatic nitrogens is 4. The van der Waals surface area contributed by atoms with Gasteiger partial charge in [0.1, 0.15) is 17.6 Å². The van der Waals surface area contributed by atoms with E-state index < -0.39 is 17.7 Å². The smallest absolute Gasteiger partial charge is 0.293 e. The number of hydrogen-bond donors (Lipinski definition) is 1. The highest BCUT2D eigenvalue weighted by Crippen LogP contribution is 2.24. The molecule has 3 aromatic rings. The van der Waals surface area contributed by atoms with Gasteiger partial charge in [0.15, 0.2) is 0 Å². The van der Waals surface area contributed by atoms with Crippen LogP contribution in [0.25, 0.3) is 0 Å². The third-order valence-corrected chi connectivity index (χ3v) is 4.76. The number of imidazole rings is 1. The molecule has 1 N–H and O–H groups in total. The minimum atomic E-state index is -0.713. The molecule has 146 valence electrons. The number of nitrogens with zero attached hydrogens (tertiary/aromatic N) is 4. The maximum absolute atomic E-state index is 12.8. The molecule has 3 rings (SSSR count). The fourth-order valence-electron chi connectivity index (χ4n) is 3.19. The zero-order chi connectivity index (χ0) is 20.4. The largest absolute Gasteiger partial charge is 0.497 e. The van der Waals surface area contributed by atoms with E-state index in [9.17, 15) is 9.59 Å². The van der Waals surface area contributed by atoms with Gasteiger partial charge in [-0.1, -0.05) is 12.1 Å². The molecule has 0 saturated carbocycles.